The first kappa shape index (κ1) is 17.2. The second kappa shape index (κ2) is 7.60. The molecule has 0 atom stereocenters. The average Bonchev–Trinajstić information content (AvgIpc) is 2.95. The van der Waals surface area contributed by atoms with Crippen molar-refractivity contribution in [2.24, 2.45) is 0 Å². The van der Waals surface area contributed by atoms with Gasteiger partial charge in [-0.15, -0.1) is 10.2 Å². The van der Waals surface area contributed by atoms with Gasteiger partial charge in [0.25, 0.3) is 0 Å². The molecule has 26 heavy (non-hydrogen) atoms. The predicted octanol–water partition coefficient (Wildman–Crippen LogP) is 3.05. The zero-order chi connectivity index (χ0) is 17.9. The van der Waals surface area contributed by atoms with Gasteiger partial charge in [0.05, 0.1) is 0 Å². The SMILES string of the molecule is CCc1nnc2c(N3CCCN(Cc4ccccc4Cl)CC3)nccn12. The van der Waals surface area contributed by atoms with Crippen LogP contribution in [-0.2, 0) is 13.0 Å². The minimum atomic E-state index is 0.843. The van der Waals surface area contributed by atoms with Gasteiger partial charge in [-0.2, -0.15) is 0 Å². The summed E-state index contributed by atoms with van der Waals surface area (Å²) in [7, 11) is 0. The molecular weight excluding hydrogens is 348 g/mol. The molecule has 0 spiro atoms. The van der Waals surface area contributed by atoms with E-state index in [9.17, 15) is 0 Å². The van der Waals surface area contributed by atoms with Crippen molar-refractivity contribution in [2.75, 3.05) is 31.1 Å². The van der Waals surface area contributed by atoms with Crippen LogP contribution in [-0.4, -0.2) is 50.7 Å². The molecule has 3 aromatic rings. The lowest BCUT2D eigenvalue weighted by molar-refractivity contribution is 0.285. The highest BCUT2D eigenvalue weighted by atomic mass is 35.5. The van der Waals surface area contributed by atoms with E-state index in [1.807, 2.05) is 30.6 Å². The third-order valence-electron chi connectivity index (χ3n) is 4.94. The van der Waals surface area contributed by atoms with Crippen molar-refractivity contribution in [1.82, 2.24) is 24.5 Å². The minimum Gasteiger partial charge on any atom is -0.352 e. The Morgan fingerprint density at radius 3 is 2.81 bits per heavy atom. The molecule has 0 saturated carbocycles. The summed E-state index contributed by atoms with van der Waals surface area (Å²) in [6, 6.07) is 8.09. The molecule has 1 aromatic carbocycles. The number of hydrogen-bond donors (Lipinski definition) is 0. The van der Waals surface area contributed by atoms with Gasteiger partial charge < -0.3 is 4.90 Å². The third-order valence-corrected chi connectivity index (χ3v) is 5.30. The fourth-order valence-electron chi connectivity index (χ4n) is 3.53. The number of anilines is 1. The van der Waals surface area contributed by atoms with Gasteiger partial charge in [0.2, 0.25) is 5.65 Å². The normalized spacial score (nSPS) is 16.2. The van der Waals surface area contributed by atoms with Crippen molar-refractivity contribution in [3.8, 4) is 0 Å². The van der Waals surface area contributed by atoms with Crippen molar-refractivity contribution < 1.29 is 0 Å². The molecule has 0 unspecified atom stereocenters. The second-order valence-electron chi connectivity index (χ2n) is 6.62. The van der Waals surface area contributed by atoms with Crippen LogP contribution < -0.4 is 4.90 Å². The van der Waals surface area contributed by atoms with E-state index in [1.54, 1.807) is 0 Å². The first-order valence-electron chi connectivity index (χ1n) is 9.15. The smallest absolute Gasteiger partial charge is 0.203 e. The maximum Gasteiger partial charge on any atom is 0.203 e. The van der Waals surface area contributed by atoms with Crippen LogP contribution in [0.1, 0.15) is 24.7 Å². The highest BCUT2D eigenvalue weighted by molar-refractivity contribution is 6.31. The van der Waals surface area contributed by atoms with Crippen molar-refractivity contribution in [3.05, 3.63) is 53.1 Å². The topological polar surface area (TPSA) is 49.6 Å². The number of benzene rings is 1. The molecule has 0 bridgehead atoms. The molecule has 6 nitrogen and oxygen atoms in total. The van der Waals surface area contributed by atoms with E-state index in [1.165, 1.54) is 5.56 Å². The lowest BCUT2D eigenvalue weighted by Crippen LogP contribution is -2.31. The number of halogens is 1. The first-order chi connectivity index (χ1) is 12.8. The number of hydrogen-bond acceptors (Lipinski definition) is 5. The van der Waals surface area contributed by atoms with E-state index in [-0.39, 0.29) is 0 Å². The summed E-state index contributed by atoms with van der Waals surface area (Å²) in [6.45, 7) is 6.90. The summed E-state index contributed by atoms with van der Waals surface area (Å²) in [6.07, 6.45) is 5.73. The van der Waals surface area contributed by atoms with Crippen LogP contribution in [0.2, 0.25) is 5.02 Å². The Bertz CT molecular complexity index is 893. The van der Waals surface area contributed by atoms with E-state index < -0.39 is 0 Å². The quantitative estimate of drug-likeness (QED) is 0.706. The number of rotatable bonds is 4. The van der Waals surface area contributed by atoms with Gasteiger partial charge in [-0.1, -0.05) is 36.7 Å². The number of fused-ring (bicyclic) bond motifs is 1. The Morgan fingerprint density at radius 2 is 1.96 bits per heavy atom. The average molecular weight is 371 g/mol. The molecule has 0 radical (unpaired) electrons. The van der Waals surface area contributed by atoms with Crippen LogP contribution in [0.5, 0.6) is 0 Å². The Hall–Kier alpha value is -2.18. The highest BCUT2D eigenvalue weighted by Gasteiger charge is 2.20. The number of nitrogens with zero attached hydrogens (tertiary/aromatic N) is 6. The first-order valence-corrected chi connectivity index (χ1v) is 9.53. The van der Waals surface area contributed by atoms with Gasteiger partial charge in [0.15, 0.2) is 5.82 Å². The van der Waals surface area contributed by atoms with E-state index in [0.717, 1.165) is 67.9 Å². The van der Waals surface area contributed by atoms with Crippen LogP contribution in [0.3, 0.4) is 0 Å². The molecule has 0 N–H and O–H groups in total. The highest BCUT2D eigenvalue weighted by Crippen LogP contribution is 2.21. The molecule has 136 valence electrons. The van der Waals surface area contributed by atoms with Crippen molar-refractivity contribution >= 4 is 23.1 Å². The van der Waals surface area contributed by atoms with Crippen molar-refractivity contribution in [1.29, 1.82) is 0 Å². The molecule has 3 heterocycles. The van der Waals surface area contributed by atoms with Crippen LogP contribution in [0, 0.1) is 0 Å². The van der Waals surface area contributed by atoms with Gasteiger partial charge >= 0.3 is 0 Å². The third kappa shape index (κ3) is 3.39. The summed E-state index contributed by atoms with van der Waals surface area (Å²) in [5.74, 6) is 1.90. The summed E-state index contributed by atoms with van der Waals surface area (Å²) in [5.41, 5.74) is 2.04. The molecule has 1 aliphatic heterocycles. The standard InChI is InChI=1S/C19H23ClN6/c1-2-17-22-23-19-18(21-8-11-26(17)19)25-10-5-9-24(12-13-25)14-15-6-3-4-7-16(15)20/h3-4,6-8,11H,2,5,9-10,12-14H2,1H3. The van der Waals surface area contributed by atoms with E-state index in [4.69, 9.17) is 11.6 Å². The fourth-order valence-corrected chi connectivity index (χ4v) is 3.73. The lowest BCUT2D eigenvalue weighted by Gasteiger charge is -2.23. The van der Waals surface area contributed by atoms with Gasteiger partial charge in [-0.3, -0.25) is 9.30 Å². The van der Waals surface area contributed by atoms with E-state index in [0.29, 0.717) is 0 Å². The monoisotopic (exact) mass is 370 g/mol. The molecular formula is C19H23ClN6. The maximum absolute atomic E-state index is 6.33. The van der Waals surface area contributed by atoms with Crippen LogP contribution in [0.15, 0.2) is 36.7 Å². The summed E-state index contributed by atoms with van der Waals surface area (Å²) >= 11 is 6.33. The van der Waals surface area contributed by atoms with Gasteiger partial charge in [0.1, 0.15) is 5.82 Å². The predicted molar refractivity (Wildman–Crippen MR) is 104 cm³/mol. The van der Waals surface area contributed by atoms with Crippen molar-refractivity contribution in [3.63, 3.8) is 0 Å². The van der Waals surface area contributed by atoms with Crippen LogP contribution in [0.25, 0.3) is 5.65 Å². The van der Waals surface area contributed by atoms with Crippen LogP contribution >= 0.6 is 11.6 Å². The Kier molecular flexibility index (Phi) is 5.04. The van der Waals surface area contributed by atoms with Crippen molar-refractivity contribution in [2.45, 2.75) is 26.3 Å². The number of aryl methyl sites for hydroxylation is 1. The molecule has 4 rings (SSSR count). The molecule has 1 aliphatic rings. The minimum absolute atomic E-state index is 0.843. The molecule has 2 aromatic heterocycles. The lowest BCUT2D eigenvalue weighted by atomic mass is 10.2. The molecule has 1 fully saturated rings. The van der Waals surface area contributed by atoms with Gasteiger partial charge in [-0.25, -0.2) is 4.98 Å². The fraction of sp³-hybridized carbons (Fsp3) is 0.421. The summed E-state index contributed by atoms with van der Waals surface area (Å²) in [5, 5.41) is 9.51. The zero-order valence-electron chi connectivity index (χ0n) is 15.0. The Balaban J connectivity index is 1.51. The summed E-state index contributed by atoms with van der Waals surface area (Å²) < 4.78 is 2.05. The van der Waals surface area contributed by atoms with E-state index >= 15 is 0 Å². The largest absolute Gasteiger partial charge is 0.352 e. The Morgan fingerprint density at radius 1 is 1.08 bits per heavy atom. The van der Waals surface area contributed by atoms with E-state index in [2.05, 4.69) is 42.4 Å². The second-order valence-corrected chi connectivity index (χ2v) is 7.03. The molecule has 0 amide bonds. The zero-order valence-corrected chi connectivity index (χ0v) is 15.7. The van der Waals surface area contributed by atoms with Gasteiger partial charge in [0, 0.05) is 56.6 Å². The maximum atomic E-state index is 6.33. The number of aromatic nitrogens is 4. The van der Waals surface area contributed by atoms with Crippen LogP contribution in [0.4, 0.5) is 5.82 Å². The molecule has 0 aliphatic carbocycles. The van der Waals surface area contributed by atoms with Gasteiger partial charge in [-0.05, 0) is 18.1 Å². The molecule has 1 saturated heterocycles. The summed E-state index contributed by atoms with van der Waals surface area (Å²) in [4.78, 5) is 9.40. The Labute approximate surface area is 158 Å². The molecule has 7 heteroatoms.